The van der Waals surface area contributed by atoms with Crippen molar-refractivity contribution in [2.24, 2.45) is 5.10 Å². The van der Waals surface area contributed by atoms with Gasteiger partial charge in [-0.1, -0.05) is 6.07 Å². The molecule has 0 aliphatic rings. The number of hydrogen-bond donors (Lipinski definition) is 2. The summed E-state index contributed by atoms with van der Waals surface area (Å²) < 4.78 is 15.1. The average Bonchev–Trinajstić information content (AvgIpc) is 3.25. The number of carbonyl (C=O) groups is 2. The third-order valence-electron chi connectivity index (χ3n) is 4.20. The number of hydrogen-bond acceptors (Lipinski definition) is 3. The number of benzene rings is 2. The van der Waals surface area contributed by atoms with Crippen LogP contribution in [0.3, 0.4) is 0 Å². The van der Waals surface area contributed by atoms with E-state index >= 15 is 0 Å². The Kier molecular flexibility index (Phi) is 6.52. The van der Waals surface area contributed by atoms with Crippen molar-refractivity contribution in [3.8, 4) is 5.69 Å². The molecule has 0 saturated carbocycles. The van der Waals surface area contributed by atoms with Crippen molar-refractivity contribution in [1.29, 1.82) is 0 Å². The Morgan fingerprint density at radius 3 is 2.41 bits per heavy atom. The van der Waals surface area contributed by atoms with E-state index in [4.69, 9.17) is 0 Å². The Balaban J connectivity index is 1.47. The molecule has 0 saturated heterocycles. The number of halogens is 1. The predicted octanol–water partition coefficient (Wildman–Crippen LogP) is 4.14. The third kappa shape index (κ3) is 5.87. The van der Waals surface area contributed by atoms with Gasteiger partial charge in [0.1, 0.15) is 5.82 Å². The Morgan fingerprint density at radius 2 is 1.72 bits per heavy atom. The summed E-state index contributed by atoms with van der Waals surface area (Å²) in [6.45, 7) is 1.73. The fraction of sp³-hybridized carbons (Fsp3) is 0.136. The Morgan fingerprint density at radius 1 is 1.00 bits per heavy atom. The first-order valence-electron chi connectivity index (χ1n) is 9.13. The molecule has 2 amide bonds. The minimum Gasteiger partial charge on any atom is -0.326 e. The van der Waals surface area contributed by atoms with Gasteiger partial charge in [0.2, 0.25) is 5.91 Å². The van der Waals surface area contributed by atoms with Crippen LogP contribution in [0.4, 0.5) is 10.1 Å². The largest absolute Gasteiger partial charge is 0.326 e. The fourth-order valence-corrected chi connectivity index (χ4v) is 2.64. The number of amides is 2. The highest BCUT2D eigenvalue weighted by Gasteiger charge is 2.07. The van der Waals surface area contributed by atoms with E-state index in [0.29, 0.717) is 23.4 Å². The van der Waals surface area contributed by atoms with Crippen molar-refractivity contribution in [3.05, 3.63) is 84.4 Å². The molecule has 29 heavy (non-hydrogen) atoms. The highest BCUT2D eigenvalue weighted by atomic mass is 19.1. The summed E-state index contributed by atoms with van der Waals surface area (Å²) >= 11 is 0. The first-order valence-corrected chi connectivity index (χ1v) is 9.13. The summed E-state index contributed by atoms with van der Waals surface area (Å²) in [4.78, 5) is 24.2. The molecule has 2 N–H and O–H groups in total. The van der Waals surface area contributed by atoms with Crippen LogP contribution >= 0.6 is 0 Å². The van der Waals surface area contributed by atoms with E-state index in [1.165, 1.54) is 18.2 Å². The van der Waals surface area contributed by atoms with E-state index in [1.807, 2.05) is 41.2 Å². The van der Waals surface area contributed by atoms with Gasteiger partial charge >= 0.3 is 0 Å². The maximum Gasteiger partial charge on any atom is 0.271 e. The zero-order valence-corrected chi connectivity index (χ0v) is 15.9. The average molecular weight is 392 g/mol. The van der Waals surface area contributed by atoms with Gasteiger partial charge in [-0.25, -0.2) is 9.82 Å². The lowest BCUT2D eigenvalue weighted by atomic mass is 10.2. The molecule has 0 bridgehead atoms. The number of aromatic nitrogens is 1. The van der Waals surface area contributed by atoms with Crippen LogP contribution in [0.5, 0.6) is 0 Å². The summed E-state index contributed by atoms with van der Waals surface area (Å²) in [5.41, 5.74) is 4.95. The highest BCUT2D eigenvalue weighted by molar-refractivity contribution is 5.96. The van der Waals surface area contributed by atoms with Crippen LogP contribution in [0.25, 0.3) is 5.69 Å². The van der Waals surface area contributed by atoms with E-state index in [9.17, 15) is 14.0 Å². The lowest BCUT2D eigenvalue weighted by molar-refractivity contribution is -0.116. The molecular formula is C22H21FN4O2. The van der Waals surface area contributed by atoms with Gasteiger partial charge in [0.25, 0.3) is 5.91 Å². The quantitative estimate of drug-likeness (QED) is 0.468. The van der Waals surface area contributed by atoms with Crippen LogP contribution < -0.4 is 10.7 Å². The van der Waals surface area contributed by atoms with Gasteiger partial charge in [0.15, 0.2) is 0 Å². The van der Waals surface area contributed by atoms with Crippen molar-refractivity contribution < 1.29 is 14.0 Å². The monoisotopic (exact) mass is 392 g/mol. The van der Waals surface area contributed by atoms with Crippen molar-refractivity contribution in [2.75, 3.05) is 5.32 Å². The van der Waals surface area contributed by atoms with Gasteiger partial charge in [-0.15, -0.1) is 0 Å². The second kappa shape index (κ2) is 9.45. The molecule has 0 spiro atoms. The molecular weight excluding hydrogens is 371 g/mol. The fourth-order valence-electron chi connectivity index (χ4n) is 2.64. The summed E-state index contributed by atoms with van der Waals surface area (Å²) in [7, 11) is 0. The van der Waals surface area contributed by atoms with Crippen molar-refractivity contribution in [3.63, 3.8) is 0 Å². The molecule has 148 valence electrons. The van der Waals surface area contributed by atoms with E-state index in [2.05, 4.69) is 15.8 Å². The van der Waals surface area contributed by atoms with Gasteiger partial charge in [-0.3, -0.25) is 9.59 Å². The van der Waals surface area contributed by atoms with E-state index in [1.54, 1.807) is 25.1 Å². The molecule has 1 aromatic heterocycles. The lowest BCUT2D eigenvalue weighted by Crippen LogP contribution is -2.20. The summed E-state index contributed by atoms with van der Waals surface area (Å²) in [5.74, 6) is -0.991. The molecule has 3 aromatic rings. The SMILES string of the molecule is C/C(CCC(=O)Nc1cccc(F)c1)=N\NC(=O)c1ccc(-n2cccc2)cc1. The maximum absolute atomic E-state index is 13.1. The smallest absolute Gasteiger partial charge is 0.271 e. The number of anilines is 1. The normalized spacial score (nSPS) is 11.2. The minimum atomic E-state index is -0.412. The lowest BCUT2D eigenvalue weighted by Gasteiger charge is -2.06. The molecule has 0 fully saturated rings. The summed E-state index contributed by atoms with van der Waals surface area (Å²) in [5, 5.41) is 6.66. The molecule has 0 aliphatic heterocycles. The second-order valence-corrected chi connectivity index (χ2v) is 6.48. The van der Waals surface area contributed by atoms with Crippen molar-refractivity contribution in [1.82, 2.24) is 9.99 Å². The molecule has 0 radical (unpaired) electrons. The van der Waals surface area contributed by atoms with Crippen LogP contribution in [0.2, 0.25) is 0 Å². The van der Waals surface area contributed by atoms with E-state index < -0.39 is 5.82 Å². The van der Waals surface area contributed by atoms with Gasteiger partial charge in [-0.05, 0) is 67.9 Å². The predicted molar refractivity (Wildman–Crippen MR) is 111 cm³/mol. The molecule has 3 rings (SSSR count). The van der Waals surface area contributed by atoms with Crippen molar-refractivity contribution >= 4 is 23.2 Å². The van der Waals surface area contributed by atoms with Crippen LogP contribution in [0.15, 0.2) is 78.2 Å². The second-order valence-electron chi connectivity index (χ2n) is 6.48. The molecule has 7 heteroatoms. The van der Waals surface area contributed by atoms with E-state index in [-0.39, 0.29) is 18.2 Å². The van der Waals surface area contributed by atoms with Crippen molar-refractivity contribution in [2.45, 2.75) is 19.8 Å². The first-order chi connectivity index (χ1) is 14.0. The van der Waals surface area contributed by atoms with Gasteiger partial charge in [0, 0.05) is 41.5 Å². The van der Waals surface area contributed by atoms with Gasteiger partial charge in [0.05, 0.1) is 0 Å². The van der Waals surface area contributed by atoms with Gasteiger partial charge in [-0.2, -0.15) is 5.10 Å². The highest BCUT2D eigenvalue weighted by Crippen LogP contribution is 2.11. The summed E-state index contributed by atoms with van der Waals surface area (Å²) in [6.07, 6.45) is 4.39. The van der Waals surface area contributed by atoms with Crippen LogP contribution in [0, 0.1) is 5.82 Å². The van der Waals surface area contributed by atoms with E-state index in [0.717, 1.165) is 5.69 Å². The van der Waals surface area contributed by atoms with Crippen LogP contribution in [0.1, 0.15) is 30.1 Å². The molecule has 2 aromatic carbocycles. The molecule has 0 atom stereocenters. The van der Waals surface area contributed by atoms with Crippen LogP contribution in [-0.4, -0.2) is 22.1 Å². The number of carbonyl (C=O) groups excluding carboxylic acids is 2. The standard InChI is InChI=1S/C22H21FN4O2/c1-16(7-12-21(28)24-19-6-4-5-18(23)15-19)25-26-22(29)17-8-10-20(11-9-17)27-13-2-3-14-27/h2-6,8-11,13-15H,7,12H2,1H3,(H,24,28)(H,26,29)/b25-16+. The number of nitrogens with one attached hydrogen (secondary N) is 2. The topological polar surface area (TPSA) is 75.5 Å². The minimum absolute atomic E-state index is 0.174. The molecule has 0 unspecified atom stereocenters. The molecule has 0 aliphatic carbocycles. The summed E-state index contributed by atoms with van der Waals surface area (Å²) in [6, 6.07) is 16.7. The number of nitrogens with zero attached hydrogens (tertiary/aromatic N) is 2. The molecule has 1 heterocycles. The zero-order valence-electron chi connectivity index (χ0n) is 15.9. The number of hydrazone groups is 1. The van der Waals surface area contributed by atoms with Crippen LogP contribution in [-0.2, 0) is 4.79 Å². The van der Waals surface area contributed by atoms with Gasteiger partial charge < -0.3 is 9.88 Å². The Bertz CT molecular complexity index is 1010. The first kappa shape index (κ1) is 20.0. The molecule has 6 nitrogen and oxygen atoms in total. The third-order valence-corrected chi connectivity index (χ3v) is 4.20. The number of rotatable bonds is 7. The Labute approximate surface area is 168 Å². The zero-order chi connectivity index (χ0) is 20.6. The maximum atomic E-state index is 13.1. The Hall–Kier alpha value is -3.74.